The Bertz CT molecular complexity index is 1610. The Morgan fingerprint density at radius 1 is 1.06 bits per heavy atom. The first-order valence-electron chi connectivity index (χ1n) is 11.3. The summed E-state index contributed by atoms with van der Waals surface area (Å²) in [5.74, 6) is -0.735. The number of aromatic nitrogens is 4. The Kier molecular flexibility index (Phi) is 6.34. The molecule has 10 nitrogen and oxygen atoms in total. The largest absolute Gasteiger partial charge is 0.339 e. The topological polar surface area (TPSA) is 128 Å². The number of amides is 2. The zero-order valence-corrected chi connectivity index (χ0v) is 19.7. The number of carbonyl (C=O) groups is 2. The van der Waals surface area contributed by atoms with Crippen LogP contribution < -0.4 is 21.8 Å². The van der Waals surface area contributed by atoms with E-state index in [2.05, 4.69) is 20.7 Å². The van der Waals surface area contributed by atoms with Crippen LogP contribution in [0.3, 0.4) is 0 Å². The van der Waals surface area contributed by atoms with Gasteiger partial charge < -0.3 is 10.6 Å². The number of benzene rings is 2. The number of pyridine rings is 1. The van der Waals surface area contributed by atoms with Crippen molar-refractivity contribution >= 4 is 39.9 Å². The second-order valence-electron chi connectivity index (χ2n) is 8.39. The molecule has 1 unspecified atom stereocenters. The number of nitrogens with one attached hydrogen (secondary N) is 2. The summed E-state index contributed by atoms with van der Waals surface area (Å²) in [5, 5.41) is 11.7. The van der Waals surface area contributed by atoms with Gasteiger partial charge in [-0.05, 0) is 24.1 Å². The van der Waals surface area contributed by atoms with Crippen molar-refractivity contribution in [2.75, 3.05) is 5.32 Å². The Morgan fingerprint density at radius 3 is 2.72 bits per heavy atom. The van der Waals surface area contributed by atoms with E-state index >= 15 is 0 Å². The quantitative estimate of drug-likeness (QED) is 0.387. The van der Waals surface area contributed by atoms with Crippen molar-refractivity contribution < 1.29 is 9.59 Å². The van der Waals surface area contributed by atoms with Gasteiger partial charge in [0.1, 0.15) is 18.4 Å². The molecular weight excluding hydrogens is 484 g/mol. The third-order valence-corrected chi connectivity index (χ3v) is 6.20. The van der Waals surface area contributed by atoms with Crippen molar-refractivity contribution in [3.63, 3.8) is 0 Å². The maximum Gasteiger partial charge on any atom is 0.333 e. The lowest BCUT2D eigenvalue weighted by Crippen LogP contribution is -2.46. The van der Waals surface area contributed by atoms with E-state index in [0.717, 1.165) is 15.5 Å². The van der Waals surface area contributed by atoms with E-state index in [1.54, 1.807) is 30.5 Å². The molecular formula is C25H21ClN6O4. The lowest BCUT2D eigenvalue weighted by Gasteiger charge is -2.20. The molecule has 0 bridgehead atoms. The van der Waals surface area contributed by atoms with Crippen molar-refractivity contribution in [1.82, 2.24) is 24.6 Å². The molecule has 2 aromatic heterocycles. The highest BCUT2D eigenvalue weighted by Crippen LogP contribution is 2.24. The Morgan fingerprint density at radius 2 is 1.89 bits per heavy atom. The van der Waals surface area contributed by atoms with Crippen molar-refractivity contribution in [3.05, 3.63) is 98.0 Å². The molecule has 5 rings (SSSR count). The Labute approximate surface area is 209 Å². The number of carbonyl (C=O) groups excluding carboxylic acids is 2. The van der Waals surface area contributed by atoms with Gasteiger partial charge in [0.2, 0.25) is 5.91 Å². The first kappa shape index (κ1) is 23.4. The summed E-state index contributed by atoms with van der Waals surface area (Å²) in [6.45, 7) is -0.0778. The minimum atomic E-state index is -1.14. The van der Waals surface area contributed by atoms with Crippen molar-refractivity contribution in [3.8, 4) is 0 Å². The highest BCUT2D eigenvalue weighted by Gasteiger charge is 2.25. The summed E-state index contributed by atoms with van der Waals surface area (Å²) in [6.07, 6.45) is 4.46. The molecule has 2 N–H and O–H groups in total. The third kappa shape index (κ3) is 4.63. The zero-order chi connectivity index (χ0) is 25.2. The predicted molar refractivity (Wildman–Crippen MR) is 134 cm³/mol. The van der Waals surface area contributed by atoms with Crippen LogP contribution in [-0.2, 0) is 29.1 Å². The Balaban J connectivity index is 1.43. The molecule has 182 valence electrons. The summed E-state index contributed by atoms with van der Waals surface area (Å²) in [7, 11) is 0. The lowest BCUT2D eigenvalue weighted by molar-refractivity contribution is -0.127. The van der Waals surface area contributed by atoms with Crippen LogP contribution in [0.5, 0.6) is 0 Å². The number of anilines is 1. The molecule has 11 heteroatoms. The van der Waals surface area contributed by atoms with Gasteiger partial charge in [0.25, 0.3) is 5.91 Å². The van der Waals surface area contributed by atoms with Crippen LogP contribution in [0.2, 0.25) is 5.02 Å². The monoisotopic (exact) mass is 504 g/mol. The van der Waals surface area contributed by atoms with E-state index < -0.39 is 35.5 Å². The van der Waals surface area contributed by atoms with E-state index in [1.807, 2.05) is 24.3 Å². The maximum atomic E-state index is 13.4. The van der Waals surface area contributed by atoms with E-state index in [0.29, 0.717) is 41.5 Å². The number of nitrogens with zero attached hydrogens (tertiary/aromatic N) is 4. The van der Waals surface area contributed by atoms with Gasteiger partial charge in [-0.2, -0.15) is 5.10 Å². The number of halogens is 1. The SMILES string of the molecule is O=C(Cn1nc2n(c(=O)c1=O)CCC2)NC(C(=O)Nc1cncc2ccccc12)c1cccc(Cl)c1. The first-order chi connectivity index (χ1) is 17.4. The molecule has 0 radical (unpaired) electrons. The second-order valence-corrected chi connectivity index (χ2v) is 8.83. The van der Waals surface area contributed by atoms with Gasteiger partial charge in [0.15, 0.2) is 0 Å². The van der Waals surface area contributed by atoms with Gasteiger partial charge in [-0.3, -0.25) is 28.7 Å². The minimum Gasteiger partial charge on any atom is -0.339 e. The standard InChI is InChI=1S/C25H21ClN6O4/c26-17-7-3-6-15(11-17)22(23(34)28-19-13-27-12-16-5-1-2-8-18(16)19)29-21(33)14-32-25(36)24(35)31-10-4-9-20(31)30-32/h1-3,5-8,11-13,22H,4,9-10,14H2,(H,28,34)(H,29,33). The highest BCUT2D eigenvalue weighted by atomic mass is 35.5. The molecule has 0 saturated heterocycles. The molecule has 2 aromatic carbocycles. The number of aryl methyl sites for hydroxylation is 1. The van der Waals surface area contributed by atoms with E-state index in [9.17, 15) is 19.2 Å². The van der Waals surface area contributed by atoms with Gasteiger partial charge in [0, 0.05) is 35.0 Å². The van der Waals surface area contributed by atoms with Gasteiger partial charge >= 0.3 is 11.1 Å². The fourth-order valence-corrected chi connectivity index (χ4v) is 4.45. The fraction of sp³-hybridized carbons (Fsp3) is 0.200. The summed E-state index contributed by atoms with van der Waals surface area (Å²) in [4.78, 5) is 55.3. The molecule has 0 aliphatic carbocycles. The van der Waals surface area contributed by atoms with Crippen LogP contribution in [0.1, 0.15) is 23.9 Å². The number of fused-ring (bicyclic) bond motifs is 2. The molecule has 0 fully saturated rings. The van der Waals surface area contributed by atoms with Gasteiger partial charge in [0.05, 0.1) is 11.9 Å². The molecule has 0 spiro atoms. The number of rotatable bonds is 6. The minimum absolute atomic E-state index is 0.385. The van der Waals surface area contributed by atoms with Crippen LogP contribution in [0.4, 0.5) is 5.69 Å². The molecule has 1 atom stereocenters. The fourth-order valence-electron chi connectivity index (χ4n) is 4.25. The molecule has 0 saturated carbocycles. The Hall–Kier alpha value is -4.31. The van der Waals surface area contributed by atoms with E-state index in [1.165, 1.54) is 10.8 Å². The number of hydrogen-bond acceptors (Lipinski definition) is 6. The van der Waals surface area contributed by atoms with Gasteiger partial charge in [-0.15, -0.1) is 0 Å². The average molecular weight is 505 g/mol. The summed E-state index contributed by atoms with van der Waals surface area (Å²) < 4.78 is 2.17. The van der Waals surface area contributed by atoms with Gasteiger partial charge in [-0.25, -0.2) is 4.68 Å². The van der Waals surface area contributed by atoms with Crippen molar-refractivity contribution in [2.45, 2.75) is 32.0 Å². The normalized spacial score (nSPS) is 13.2. The van der Waals surface area contributed by atoms with E-state index in [4.69, 9.17) is 11.6 Å². The molecule has 36 heavy (non-hydrogen) atoms. The maximum absolute atomic E-state index is 13.4. The van der Waals surface area contributed by atoms with E-state index in [-0.39, 0.29) is 0 Å². The zero-order valence-electron chi connectivity index (χ0n) is 19.0. The third-order valence-electron chi connectivity index (χ3n) is 5.96. The van der Waals surface area contributed by atoms with Crippen LogP contribution in [-0.4, -0.2) is 31.1 Å². The molecule has 2 amide bonds. The van der Waals surface area contributed by atoms with Crippen LogP contribution in [0.15, 0.2) is 70.5 Å². The summed E-state index contributed by atoms with van der Waals surface area (Å²) >= 11 is 6.14. The number of hydrogen-bond donors (Lipinski definition) is 2. The summed E-state index contributed by atoms with van der Waals surface area (Å²) in [5.41, 5.74) is -0.681. The van der Waals surface area contributed by atoms with Gasteiger partial charge in [-0.1, -0.05) is 48.0 Å². The highest BCUT2D eigenvalue weighted by molar-refractivity contribution is 6.30. The molecule has 4 aromatic rings. The second kappa shape index (κ2) is 9.74. The smallest absolute Gasteiger partial charge is 0.333 e. The lowest BCUT2D eigenvalue weighted by atomic mass is 10.1. The molecule has 1 aliphatic rings. The van der Waals surface area contributed by atoms with Crippen LogP contribution >= 0.6 is 11.6 Å². The average Bonchev–Trinajstić information content (AvgIpc) is 3.34. The van der Waals surface area contributed by atoms with Crippen LogP contribution in [0.25, 0.3) is 10.8 Å². The first-order valence-corrected chi connectivity index (χ1v) is 11.7. The molecule has 3 heterocycles. The van der Waals surface area contributed by atoms with Crippen LogP contribution in [0, 0.1) is 0 Å². The molecule has 1 aliphatic heterocycles. The predicted octanol–water partition coefficient (Wildman–Crippen LogP) is 2.05. The van der Waals surface area contributed by atoms with Crippen molar-refractivity contribution in [2.24, 2.45) is 0 Å². The summed E-state index contributed by atoms with van der Waals surface area (Å²) in [6, 6.07) is 12.8. The van der Waals surface area contributed by atoms with Crippen molar-refractivity contribution in [1.29, 1.82) is 0 Å².